The molecule has 0 fully saturated rings. The number of ketones is 1. The summed E-state index contributed by atoms with van der Waals surface area (Å²) in [4.78, 5) is 28.3. The van der Waals surface area contributed by atoms with Gasteiger partial charge in [-0.1, -0.05) is 13.8 Å². The van der Waals surface area contributed by atoms with Crippen molar-refractivity contribution in [1.82, 2.24) is 9.88 Å². The van der Waals surface area contributed by atoms with Crippen LogP contribution in [0.5, 0.6) is 5.88 Å². The molecule has 0 aromatic carbocycles. The lowest BCUT2D eigenvalue weighted by molar-refractivity contribution is -0.111. The first-order valence-electron chi connectivity index (χ1n) is 9.15. The first-order chi connectivity index (χ1) is 11.9. The number of ether oxygens (including phenoxy) is 1. The smallest absolute Gasteiger partial charge is 0.213 e. The minimum Gasteiger partial charge on any atom is -0.478 e. The van der Waals surface area contributed by atoms with Crippen LogP contribution >= 0.6 is 0 Å². The van der Waals surface area contributed by atoms with Gasteiger partial charge in [-0.25, -0.2) is 4.98 Å². The highest BCUT2D eigenvalue weighted by Gasteiger charge is 2.37. The lowest BCUT2D eigenvalue weighted by Crippen LogP contribution is -2.38. The maximum Gasteiger partial charge on any atom is 0.213 e. The van der Waals surface area contributed by atoms with Gasteiger partial charge >= 0.3 is 0 Å². The van der Waals surface area contributed by atoms with Crippen LogP contribution in [0.15, 0.2) is 24.5 Å². The normalized spacial score (nSPS) is 12.8. The Morgan fingerprint density at radius 2 is 2.00 bits per heavy atom. The number of unbranched alkanes of at least 4 members (excludes halogenated alkanes) is 1. The van der Waals surface area contributed by atoms with Crippen molar-refractivity contribution in [3.8, 4) is 5.88 Å². The standard InChI is InChI=1S/C20H34N2O3Si/c1-16(23)18(15-22(4)5)17-10-12-21-19(14-17)25-13-9-8-11-20(2,3)26(6,7)24/h10,12,14-15,24H,8-9,11,13H2,1-7H3/b18-15+. The average Bonchev–Trinajstić information content (AvgIpc) is 2.51. The number of carbonyl (C=O) groups excluding carboxylic acids is 1. The van der Waals surface area contributed by atoms with Crippen molar-refractivity contribution in [2.45, 2.75) is 58.2 Å². The molecule has 1 N–H and O–H groups in total. The zero-order valence-electron chi connectivity index (χ0n) is 17.3. The van der Waals surface area contributed by atoms with Crippen LogP contribution in [0.4, 0.5) is 0 Å². The summed E-state index contributed by atoms with van der Waals surface area (Å²) < 4.78 is 5.77. The van der Waals surface area contributed by atoms with Crippen molar-refractivity contribution in [2.75, 3.05) is 20.7 Å². The van der Waals surface area contributed by atoms with Gasteiger partial charge in [-0.15, -0.1) is 0 Å². The summed E-state index contributed by atoms with van der Waals surface area (Å²) in [5.74, 6) is 0.540. The zero-order valence-corrected chi connectivity index (χ0v) is 18.3. The number of hydrogen-bond acceptors (Lipinski definition) is 5. The summed E-state index contributed by atoms with van der Waals surface area (Å²) in [5.41, 5.74) is 1.45. The van der Waals surface area contributed by atoms with Gasteiger partial charge in [0.15, 0.2) is 14.1 Å². The van der Waals surface area contributed by atoms with E-state index in [0.717, 1.165) is 24.8 Å². The molecular weight excluding hydrogens is 344 g/mol. The van der Waals surface area contributed by atoms with Crippen LogP contribution in [-0.2, 0) is 4.79 Å². The highest BCUT2D eigenvalue weighted by atomic mass is 28.4. The molecule has 0 aliphatic rings. The van der Waals surface area contributed by atoms with Gasteiger partial charge in [-0.2, -0.15) is 0 Å². The summed E-state index contributed by atoms with van der Waals surface area (Å²) in [6.07, 6.45) is 6.37. The number of nitrogens with zero attached hydrogens (tertiary/aromatic N) is 2. The summed E-state index contributed by atoms with van der Waals surface area (Å²) in [7, 11) is 1.63. The summed E-state index contributed by atoms with van der Waals surface area (Å²) >= 11 is 0. The van der Waals surface area contributed by atoms with Gasteiger partial charge in [0.05, 0.1) is 6.61 Å². The number of rotatable bonds is 10. The number of allylic oxidation sites excluding steroid dienone is 1. The molecule has 26 heavy (non-hydrogen) atoms. The second-order valence-corrected chi connectivity index (χ2v) is 12.7. The van der Waals surface area contributed by atoms with Crippen LogP contribution < -0.4 is 4.74 Å². The predicted molar refractivity (Wildman–Crippen MR) is 110 cm³/mol. The molecule has 146 valence electrons. The van der Waals surface area contributed by atoms with Crippen molar-refractivity contribution in [3.05, 3.63) is 30.1 Å². The molecule has 0 aliphatic heterocycles. The minimum atomic E-state index is -2.15. The third-order valence-corrected chi connectivity index (χ3v) is 8.48. The Balaban J connectivity index is 2.61. The molecular formula is C20H34N2O3Si. The molecule has 0 unspecified atom stereocenters. The fourth-order valence-electron chi connectivity index (χ4n) is 2.43. The lowest BCUT2D eigenvalue weighted by Gasteiger charge is -2.35. The molecule has 1 heterocycles. The van der Waals surface area contributed by atoms with E-state index in [1.807, 2.05) is 50.4 Å². The first-order valence-corrected chi connectivity index (χ1v) is 12.1. The molecule has 1 rings (SSSR count). The first kappa shape index (κ1) is 22.4. The monoisotopic (exact) mass is 378 g/mol. The second kappa shape index (κ2) is 9.32. The molecule has 0 aliphatic carbocycles. The summed E-state index contributed by atoms with van der Waals surface area (Å²) in [6.45, 7) is 10.4. The van der Waals surface area contributed by atoms with Crippen LogP contribution in [0.2, 0.25) is 18.1 Å². The van der Waals surface area contributed by atoms with Crippen LogP contribution in [0.25, 0.3) is 5.57 Å². The molecule has 0 amide bonds. The number of aromatic nitrogens is 1. The quantitative estimate of drug-likeness (QED) is 0.377. The Labute approximate surface area is 159 Å². The van der Waals surface area contributed by atoms with E-state index in [-0.39, 0.29) is 10.8 Å². The third kappa shape index (κ3) is 6.92. The van der Waals surface area contributed by atoms with E-state index in [1.165, 1.54) is 0 Å². The van der Waals surface area contributed by atoms with Gasteiger partial charge < -0.3 is 14.4 Å². The molecule has 0 spiro atoms. The molecule has 1 aromatic heterocycles. The van der Waals surface area contributed by atoms with Crippen LogP contribution in [0.3, 0.4) is 0 Å². The minimum absolute atomic E-state index is 0.00146. The van der Waals surface area contributed by atoms with E-state index >= 15 is 0 Å². The summed E-state index contributed by atoms with van der Waals surface area (Å²) in [6, 6.07) is 3.63. The van der Waals surface area contributed by atoms with E-state index in [2.05, 4.69) is 18.8 Å². The Bertz CT molecular complexity index is 634. The Morgan fingerprint density at radius 1 is 1.35 bits per heavy atom. The predicted octanol–water partition coefficient (Wildman–Crippen LogP) is 4.10. The average molecular weight is 379 g/mol. The highest BCUT2D eigenvalue weighted by Crippen LogP contribution is 2.40. The SMILES string of the molecule is CC(=O)/C(=C\N(C)C)c1ccnc(OCCCCC(C)(C)[Si](C)(C)O)c1. The van der Waals surface area contributed by atoms with Crippen molar-refractivity contribution < 1.29 is 14.3 Å². The van der Waals surface area contributed by atoms with Crippen molar-refractivity contribution in [2.24, 2.45) is 0 Å². The van der Waals surface area contributed by atoms with E-state index in [9.17, 15) is 9.59 Å². The molecule has 6 heteroatoms. The molecule has 0 saturated carbocycles. The van der Waals surface area contributed by atoms with Crippen molar-refractivity contribution >= 4 is 19.7 Å². The number of hydrogen-bond donors (Lipinski definition) is 1. The molecule has 0 bridgehead atoms. The third-order valence-electron chi connectivity index (χ3n) is 4.91. The molecule has 1 aromatic rings. The van der Waals surface area contributed by atoms with Crippen molar-refractivity contribution in [3.63, 3.8) is 0 Å². The van der Waals surface area contributed by atoms with E-state index < -0.39 is 8.32 Å². The van der Waals surface area contributed by atoms with Crippen LogP contribution in [0.1, 0.15) is 45.6 Å². The number of pyridine rings is 1. The fraction of sp³-hybridized carbons (Fsp3) is 0.600. The lowest BCUT2D eigenvalue weighted by atomic mass is 10.0. The van der Waals surface area contributed by atoms with E-state index in [4.69, 9.17) is 4.74 Å². The van der Waals surface area contributed by atoms with Crippen LogP contribution in [-0.4, -0.2) is 49.5 Å². The molecule has 0 radical (unpaired) electrons. The Kier molecular flexibility index (Phi) is 8.03. The van der Waals surface area contributed by atoms with Crippen molar-refractivity contribution in [1.29, 1.82) is 0 Å². The molecule has 0 saturated heterocycles. The van der Waals surface area contributed by atoms with Gasteiger partial charge in [0.25, 0.3) is 0 Å². The van der Waals surface area contributed by atoms with Gasteiger partial charge in [0, 0.05) is 38.1 Å². The number of carbonyl (C=O) groups is 1. The van der Waals surface area contributed by atoms with E-state index in [1.54, 1.807) is 13.1 Å². The fourth-order valence-corrected chi connectivity index (χ4v) is 3.22. The Morgan fingerprint density at radius 3 is 2.54 bits per heavy atom. The van der Waals surface area contributed by atoms with Gasteiger partial charge in [-0.05, 0) is 55.9 Å². The molecule has 0 atom stereocenters. The topological polar surface area (TPSA) is 62.7 Å². The van der Waals surface area contributed by atoms with Gasteiger partial charge in [-0.3, -0.25) is 4.79 Å². The highest BCUT2D eigenvalue weighted by molar-refractivity contribution is 6.72. The number of Topliss-reactive ketones (excluding diaryl/α,β-unsaturated/α-hetero) is 1. The zero-order chi connectivity index (χ0) is 20.0. The maximum absolute atomic E-state index is 11.9. The largest absolute Gasteiger partial charge is 0.478 e. The van der Waals surface area contributed by atoms with Gasteiger partial charge in [0.2, 0.25) is 5.88 Å². The van der Waals surface area contributed by atoms with Crippen LogP contribution in [0, 0.1) is 0 Å². The maximum atomic E-state index is 11.9. The Hall–Kier alpha value is -1.66. The summed E-state index contributed by atoms with van der Waals surface area (Å²) in [5, 5.41) is -0.00146. The molecule has 5 nitrogen and oxygen atoms in total. The second-order valence-electron chi connectivity index (χ2n) is 8.19. The van der Waals surface area contributed by atoms with Gasteiger partial charge in [0.1, 0.15) is 0 Å². The van der Waals surface area contributed by atoms with E-state index in [0.29, 0.717) is 18.1 Å².